The first kappa shape index (κ1) is 21.5. The van der Waals surface area contributed by atoms with E-state index in [0.29, 0.717) is 11.3 Å². The van der Waals surface area contributed by atoms with Crippen LogP contribution in [0.3, 0.4) is 0 Å². The van der Waals surface area contributed by atoms with Gasteiger partial charge in [0.25, 0.3) is 11.8 Å². The quantitative estimate of drug-likeness (QED) is 0.440. The summed E-state index contributed by atoms with van der Waals surface area (Å²) in [5.74, 6) is -1.09. The minimum atomic E-state index is -0.881. The van der Waals surface area contributed by atoms with Gasteiger partial charge in [-0.2, -0.15) is 0 Å². The number of rotatable bonds is 4. The maximum Gasteiger partial charge on any atom is 0.268 e. The number of aromatic nitrogens is 1. The third kappa shape index (κ3) is 3.71. The number of amides is 3. The van der Waals surface area contributed by atoms with Crippen molar-refractivity contribution >= 4 is 34.3 Å². The van der Waals surface area contributed by atoms with E-state index in [0.717, 1.165) is 27.7 Å². The van der Waals surface area contributed by atoms with Gasteiger partial charge in [0, 0.05) is 23.5 Å². The van der Waals surface area contributed by atoms with E-state index >= 15 is 0 Å². The molecular weight excluding hydrogens is 428 g/mol. The summed E-state index contributed by atoms with van der Waals surface area (Å²) in [5, 5.41) is 6.49. The molecule has 0 spiro atoms. The smallest absolute Gasteiger partial charge is 0.268 e. The van der Waals surface area contributed by atoms with Crippen molar-refractivity contribution in [3.63, 3.8) is 0 Å². The molecule has 0 saturated heterocycles. The molecule has 1 aliphatic heterocycles. The summed E-state index contributed by atoms with van der Waals surface area (Å²) in [6, 6.07) is 22.8. The van der Waals surface area contributed by atoms with Crippen LogP contribution in [0.2, 0.25) is 0 Å². The van der Waals surface area contributed by atoms with E-state index in [-0.39, 0.29) is 5.91 Å². The number of carbonyl (C=O) groups excluding carboxylic acids is 3. The van der Waals surface area contributed by atoms with Crippen LogP contribution in [0, 0.1) is 0 Å². The molecule has 1 aromatic heterocycles. The van der Waals surface area contributed by atoms with Crippen LogP contribution in [0.5, 0.6) is 0 Å². The number of H-pyrrole nitrogens is 1. The lowest BCUT2D eigenvalue weighted by Crippen LogP contribution is -2.49. The molecule has 2 atom stereocenters. The normalized spacial score (nSPS) is 15.8. The molecule has 3 N–H and O–H groups in total. The Hall–Kier alpha value is -4.39. The van der Waals surface area contributed by atoms with Gasteiger partial charge in [0.2, 0.25) is 5.91 Å². The number of hydrogen-bond acceptors (Lipinski definition) is 3. The Labute approximate surface area is 196 Å². The third-order valence-corrected chi connectivity index (χ3v) is 6.21. The standard InChI is InChI=1S/C27H24N4O3/c1-16(28-26(33)22-15-17-9-3-7-13-21(17)29-22)25(32)30-24-20-12-5-4-10-18(20)19-11-6-8-14-23(19)31(2)27(24)34/h3-16,24,29H,1-2H3,(H,28,33)(H,30,32)/t16-,24+/m0/s1. The van der Waals surface area contributed by atoms with Crippen molar-refractivity contribution in [3.8, 4) is 11.1 Å². The van der Waals surface area contributed by atoms with Crippen molar-refractivity contribution in [1.29, 1.82) is 0 Å². The first-order chi connectivity index (χ1) is 16.4. The van der Waals surface area contributed by atoms with Gasteiger partial charge in [0.15, 0.2) is 0 Å². The number of likely N-dealkylation sites (N-methyl/N-ethyl adjacent to an activating group) is 1. The molecule has 0 bridgehead atoms. The number of anilines is 1. The average Bonchev–Trinajstić information content (AvgIpc) is 3.28. The van der Waals surface area contributed by atoms with Crippen LogP contribution in [-0.2, 0) is 9.59 Å². The molecule has 0 unspecified atom stereocenters. The molecule has 3 aromatic carbocycles. The molecule has 1 aliphatic rings. The van der Waals surface area contributed by atoms with Crippen LogP contribution in [0.25, 0.3) is 22.0 Å². The van der Waals surface area contributed by atoms with Gasteiger partial charge < -0.3 is 20.5 Å². The molecule has 7 heteroatoms. The molecule has 7 nitrogen and oxygen atoms in total. The maximum atomic E-state index is 13.4. The fraction of sp³-hybridized carbons (Fsp3) is 0.148. The minimum absolute atomic E-state index is 0.250. The van der Waals surface area contributed by atoms with Crippen molar-refractivity contribution in [2.45, 2.75) is 19.0 Å². The van der Waals surface area contributed by atoms with E-state index in [2.05, 4.69) is 15.6 Å². The van der Waals surface area contributed by atoms with Crippen molar-refractivity contribution < 1.29 is 14.4 Å². The minimum Gasteiger partial charge on any atom is -0.351 e. The fourth-order valence-corrected chi connectivity index (χ4v) is 4.38. The molecule has 34 heavy (non-hydrogen) atoms. The first-order valence-corrected chi connectivity index (χ1v) is 11.1. The molecule has 0 aliphatic carbocycles. The summed E-state index contributed by atoms with van der Waals surface area (Å²) in [5.41, 5.74) is 4.50. The number of para-hydroxylation sites is 2. The Balaban J connectivity index is 1.38. The van der Waals surface area contributed by atoms with Gasteiger partial charge in [0.1, 0.15) is 17.8 Å². The summed E-state index contributed by atoms with van der Waals surface area (Å²) in [6.07, 6.45) is 0. The van der Waals surface area contributed by atoms with Gasteiger partial charge in [-0.3, -0.25) is 14.4 Å². The third-order valence-electron chi connectivity index (χ3n) is 6.21. The van der Waals surface area contributed by atoms with E-state index in [1.165, 1.54) is 0 Å². The second kappa shape index (κ2) is 8.51. The highest BCUT2D eigenvalue weighted by atomic mass is 16.2. The lowest BCUT2D eigenvalue weighted by atomic mass is 9.95. The molecule has 170 valence electrons. The zero-order valence-corrected chi connectivity index (χ0v) is 18.8. The molecule has 4 aromatic rings. The average molecular weight is 453 g/mol. The van der Waals surface area contributed by atoms with Crippen molar-refractivity contribution in [1.82, 2.24) is 15.6 Å². The van der Waals surface area contributed by atoms with Crippen molar-refractivity contribution in [2.24, 2.45) is 0 Å². The van der Waals surface area contributed by atoms with Crippen LogP contribution in [0.4, 0.5) is 5.69 Å². The highest BCUT2D eigenvalue weighted by molar-refractivity contribution is 6.06. The summed E-state index contributed by atoms with van der Waals surface area (Å²) >= 11 is 0. The number of fused-ring (bicyclic) bond motifs is 4. The number of nitrogens with one attached hydrogen (secondary N) is 3. The first-order valence-electron chi connectivity index (χ1n) is 11.1. The Morgan fingerprint density at radius 3 is 2.41 bits per heavy atom. The topological polar surface area (TPSA) is 94.3 Å². The predicted octanol–water partition coefficient (Wildman–Crippen LogP) is 3.79. The van der Waals surface area contributed by atoms with Gasteiger partial charge in [-0.15, -0.1) is 0 Å². The summed E-state index contributed by atoms with van der Waals surface area (Å²) in [4.78, 5) is 43.8. The summed E-state index contributed by atoms with van der Waals surface area (Å²) in [6.45, 7) is 1.60. The number of benzene rings is 3. The van der Waals surface area contributed by atoms with Gasteiger partial charge in [-0.25, -0.2) is 0 Å². The molecule has 0 fully saturated rings. The van der Waals surface area contributed by atoms with Gasteiger partial charge in [-0.05, 0) is 36.2 Å². The van der Waals surface area contributed by atoms with Gasteiger partial charge >= 0.3 is 0 Å². The van der Waals surface area contributed by atoms with Crippen LogP contribution in [0.15, 0.2) is 78.9 Å². The molecule has 2 heterocycles. The molecule has 5 rings (SSSR count). The lowest BCUT2D eigenvalue weighted by Gasteiger charge is -2.24. The zero-order chi connectivity index (χ0) is 23.8. The lowest BCUT2D eigenvalue weighted by molar-refractivity contribution is -0.128. The second-order valence-electron chi connectivity index (χ2n) is 8.41. The Kier molecular flexibility index (Phi) is 5.37. The predicted molar refractivity (Wildman–Crippen MR) is 131 cm³/mol. The van der Waals surface area contributed by atoms with E-state index in [4.69, 9.17) is 0 Å². The largest absolute Gasteiger partial charge is 0.351 e. The highest BCUT2D eigenvalue weighted by Crippen LogP contribution is 2.39. The molecule has 0 radical (unpaired) electrons. The van der Waals surface area contributed by atoms with Crippen LogP contribution in [-0.4, -0.2) is 35.8 Å². The van der Waals surface area contributed by atoms with E-state index < -0.39 is 23.9 Å². The number of nitrogens with zero attached hydrogens (tertiary/aromatic N) is 1. The highest BCUT2D eigenvalue weighted by Gasteiger charge is 2.34. The molecule has 3 amide bonds. The van der Waals surface area contributed by atoms with Crippen LogP contribution in [0.1, 0.15) is 29.0 Å². The van der Waals surface area contributed by atoms with Crippen LogP contribution < -0.4 is 15.5 Å². The molecule has 0 saturated carbocycles. The zero-order valence-electron chi connectivity index (χ0n) is 18.8. The second-order valence-corrected chi connectivity index (χ2v) is 8.41. The molecular formula is C27H24N4O3. The van der Waals surface area contributed by atoms with Crippen molar-refractivity contribution in [3.05, 3.63) is 90.1 Å². The Morgan fingerprint density at radius 1 is 0.941 bits per heavy atom. The van der Waals surface area contributed by atoms with E-state index in [9.17, 15) is 14.4 Å². The number of carbonyl (C=O) groups is 3. The fourth-order valence-electron chi connectivity index (χ4n) is 4.38. The summed E-state index contributed by atoms with van der Waals surface area (Å²) < 4.78 is 0. The maximum absolute atomic E-state index is 13.4. The monoisotopic (exact) mass is 452 g/mol. The van der Waals surface area contributed by atoms with E-state index in [1.54, 1.807) is 24.9 Å². The van der Waals surface area contributed by atoms with Gasteiger partial charge in [0.05, 0.1) is 5.69 Å². The Bertz CT molecular complexity index is 1390. The Morgan fingerprint density at radius 2 is 1.62 bits per heavy atom. The van der Waals surface area contributed by atoms with E-state index in [1.807, 2.05) is 72.8 Å². The van der Waals surface area contributed by atoms with Crippen LogP contribution >= 0.6 is 0 Å². The summed E-state index contributed by atoms with van der Waals surface area (Å²) in [7, 11) is 1.70. The number of hydrogen-bond donors (Lipinski definition) is 3. The SMILES string of the molecule is C[C@H](NC(=O)c1cc2ccccc2[nH]1)C(=O)N[C@H]1C(=O)N(C)c2ccccc2-c2ccccc21. The van der Waals surface area contributed by atoms with Crippen molar-refractivity contribution in [2.75, 3.05) is 11.9 Å². The number of aromatic amines is 1. The van der Waals surface area contributed by atoms with Gasteiger partial charge in [-0.1, -0.05) is 60.7 Å².